The highest BCUT2D eigenvalue weighted by molar-refractivity contribution is 7.79. The first-order valence-electron chi connectivity index (χ1n) is 10.4. The molecule has 10 heteroatoms. The Labute approximate surface area is 193 Å². The number of anilines is 3. The molecule has 0 bridgehead atoms. The summed E-state index contributed by atoms with van der Waals surface area (Å²) in [4.78, 5) is 23.7. The smallest absolute Gasteiger partial charge is 0.325 e. The zero-order valence-corrected chi connectivity index (χ0v) is 19.2. The molecule has 2 atom stereocenters. The van der Waals surface area contributed by atoms with Crippen LogP contribution in [-0.4, -0.2) is 37.9 Å². The van der Waals surface area contributed by atoms with Gasteiger partial charge >= 0.3 is 6.03 Å². The number of urea groups is 1. The van der Waals surface area contributed by atoms with Gasteiger partial charge in [-0.3, -0.25) is 14.5 Å². The van der Waals surface area contributed by atoms with Gasteiger partial charge in [-0.05, 0) is 66.6 Å². The van der Waals surface area contributed by atoms with E-state index in [1.807, 2.05) is 19.1 Å². The molecule has 1 aromatic carbocycles. The number of carbonyl (C=O) groups excluding carboxylic acids is 1. The summed E-state index contributed by atoms with van der Waals surface area (Å²) in [6.07, 6.45) is 8.08. The molecule has 32 heavy (non-hydrogen) atoms. The van der Waals surface area contributed by atoms with E-state index in [1.165, 1.54) is 18.8 Å². The Hall–Kier alpha value is -2.82. The van der Waals surface area contributed by atoms with Gasteiger partial charge in [-0.1, -0.05) is 12.1 Å². The minimum Gasteiger partial charge on any atom is -0.772 e. The number of hydrogen-bond donors (Lipinski definition) is 2. The predicted octanol–water partition coefficient (Wildman–Crippen LogP) is 4.45. The van der Waals surface area contributed by atoms with Crippen molar-refractivity contribution in [2.75, 3.05) is 28.6 Å². The number of aryl methyl sites for hydroxylation is 1. The number of hydrogen-bond acceptors (Lipinski definition) is 7. The Bertz CT molecular complexity index is 1100. The van der Waals surface area contributed by atoms with Crippen LogP contribution in [0.1, 0.15) is 40.5 Å². The van der Waals surface area contributed by atoms with Crippen molar-refractivity contribution in [1.82, 2.24) is 9.97 Å². The van der Waals surface area contributed by atoms with Crippen LogP contribution in [0.15, 0.2) is 48.9 Å². The second kappa shape index (κ2) is 10.2. The number of nitrogens with zero attached hydrogens (tertiary/aromatic N) is 3. The Morgan fingerprint density at radius 2 is 2.00 bits per heavy atom. The van der Waals surface area contributed by atoms with Crippen LogP contribution in [0.5, 0.6) is 0 Å². The van der Waals surface area contributed by atoms with Crippen molar-refractivity contribution >= 4 is 45.0 Å². The molecule has 1 aliphatic rings. The topological polar surface area (TPSA) is 110 Å². The zero-order valence-electron chi connectivity index (χ0n) is 17.6. The molecule has 3 heterocycles. The van der Waals surface area contributed by atoms with E-state index in [4.69, 9.17) is 0 Å². The monoisotopic (exact) mass is 470 g/mol. The van der Waals surface area contributed by atoms with Crippen LogP contribution in [0.3, 0.4) is 0 Å². The molecule has 0 saturated carbocycles. The molecule has 2 aromatic heterocycles. The fourth-order valence-electron chi connectivity index (χ4n) is 3.76. The van der Waals surface area contributed by atoms with E-state index >= 15 is 0 Å². The van der Waals surface area contributed by atoms with Gasteiger partial charge in [-0.2, -0.15) is 0 Å². The number of carbonyl (C=O) groups is 1. The Kier molecular flexibility index (Phi) is 7.13. The van der Waals surface area contributed by atoms with Crippen LogP contribution in [0, 0.1) is 6.92 Å². The highest BCUT2D eigenvalue weighted by atomic mass is 32.2. The van der Waals surface area contributed by atoms with Gasteiger partial charge in [-0.25, -0.2) is 9.78 Å². The lowest BCUT2D eigenvalue weighted by atomic mass is 10.1. The molecule has 4 rings (SSSR count). The largest absolute Gasteiger partial charge is 0.772 e. The van der Waals surface area contributed by atoms with Crippen LogP contribution in [0.25, 0.3) is 0 Å². The van der Waals surface area contributed by atoms with Gasteiger partial charge in [0.15, 0.2) is 5.13 Å². The van der Waals surface area contributed by atoms with Gasteiger partial charge in [0.25, 0.3) is 0 Å². The first kappa shape index (κ1) is 22.4. The zero-order chi connectivity index (χ0) is 22.5. The average molecular weight is 471 g/mol. The Morgan fingerprint density at radius 1 is 1.19 bits per heavy atom. The van der Waals surface area contributed by atoms with E-state index in [-0.39, 0.29) is 0 Å². The van der Waals surface area contributed by atoms with Crippen LogP contribution in [-0.2, 0) is 11.1 Å². The number of benzene rings is 1. The van der Waals surface area contributed by atoms with Crippen molar-refractivity contribution in [2.24, 2.45) is 0 Å². The average Bonchev–Trinajstić information content (AvgIpc) is 3.23. The molecule has 2 N–H and O–H groups in total. The van der Waals surface area contributed by atoms with Gasteiger partial charge in [0, 0.05) is 36.6 Å². The molecule has 1 saturated heterocycles. The number of thiazole rings is 1. The lowest BCUT2D eigenvalue weighted by Crippen LogP contribution is -2.31. The first-order chi connectivity index (χ1) is 15.5. The number of aromatic nitrogens is 2. The lowest BCUT2D eigenvalue weighted by molar-refractivity contribution is 0.262. The lowest BCUT2D eigenvalue weighted by Gasteiger charge is -2.30. The fourth-order valence-corrected chi connectivity index (χ4v) is 5.57. The van der Waals surface area contributed by atoms with Crippen molar-refractivity contribution in [3.63, 3.8) is 0 Å². The molecule has 1 fully saturated rings. The van der Waals surface area contributed by atoms with E-state index in [0.717, 1.165) is 54.2 Å². The second-order valence-corrected chi connectivity index (χ2v) is 9.70. The van der Waals surface area contributed by atoms with E-state index in [0.29, 0.717) is 15.6 Å². The van der Waals surface area contributed by atoms with Gasteiger partial charge in [-0.15, -0.1) is 11.3 Å². The molecule has 0 radical (unpaired) electrons. The summed E-state index contributed by atoms with van der Waals surface area (Å²) in [5.41, 5.74) is 3.43. The third kappa shape index (κ3) is 5.32. The molecule has 3 aromatic rings. The normalized spacial score (nSPS) is 15.8. The van der Waals surface area contributed by atoms with Crippen molar-refractivity contribution < 1.29 is 13.6 Å². The molecule has 8 nitrogen and oxygen atoms in total. The maximum Gasteiger partial charge on any atom is 0.325 e. The molecular formula is C22H24N5O3S2-. The summed E-state index contributed by atoms with van der Waals surface area (Å²) in [6, 6.07) is 8.92. The quantitative estimate of drug-likeness (QED) is 0.515. The van der Waals surface area contributed by atoms with E-state index in [9.17, 15) is 13.6 Å². The minimum atomic E-state index is -2.40. The van der Waals surface area contributed by atoms with Crippen molar-refractivity contribution in [1.29, 1.82) is 0 Å². The highest BCUT2D eigenvalue weighted by Crippen LogP contribution is 2.33. The van der Waals surface area contributed by atoms with Crippen LogP contribution in [0.4, 0.5) is 21.3 Å². The summed E-state index contributed by atoms with van der Waals surface area (Å²) in [7, 11) is 0. The number of amides is 2. The van der Waals surface area contributed by atoms with Gasteiger partial charge in [0.2, 0.25) is 0 Å². The highest BCUT2D eigenvalue weighted by Gasteiger charge is 2.20. The van der Waals surface area contributed by atoms with Gasteiger partial charge in [0.1, 0.15) is 0 Å². The summed E-state index contributed by atoms with van der Waals surface area (Å²) >= 11 is -1.27. The number of nitrogens with one attached hydrogen (secondary N) is 2. The molecule has 2 unspecified atom stereocenters. The summed E-state index contributed by atoms with van der Waals surface area (Å²) < 4.78 is 23.7. The molecule has 0 spiro atoms. The van der Waals surface area contributed by atoms with E-state index < -0.39 is 22.4 Å². The minimum absolute atomic E-state index is 0.323. The summed E-state index contributed by atoms with van der Waals surface area (Å²) in [5, 5.41) is 5.08. The Morgan fingerprint density at radius 3 is 2.72 bits per heavy atom. The molecule has 0 aliphatic carbocycles. The van der Waals surface area contributed by atoms with Gasteiger partial charge in [0.05, 0.1) is 16.6 Å². The fraction of sp³-hybridized carbons (Fsp3) is 0.318. The maximum absolute atomic E-state index is 12.7. The SMILES string of the molecule is Cc1ccc(NC(=O)Nc2ncc(C(c3cccnc3)S(=O)[O-])s2)c(N2CCCCC2)c1. The molecular weight excluding hydrogens is 446 g/mol. The summed E-state index contributed by atoms with van der Waals surface area (Å²) in [5.74, 6) is 0. The second-order valence-electron chi connectivity index (χ2n) is 7.64. The third-order valence-corrected chi connectivity index (χ3v) is 7.32. The van der Waals surface area contributed by atoms with Crippen molar-refractivity contribution in [3.8, 4) is 0 Å². The van der Waals surface area contributed by atoms with Crippen LogP contribution < -0.4 is 15.5 Å². The number of rotatable bonds is 6. The molecule has 2 amide bonds. The Balaban J connectivity index is 1.48. The van der Waals surface area contributed by atoms with E-state index in [2.05, 4.69) is 31.6 Å². The van der Waals surface area contributed by atoms with Crippen LogP contribution in [0.2, 0.25) is 0 Å². The first-order valence-corrected chi connectivity index (χ1v) is 12.3. The van der Waals surface area contributed by atoms with Crippen LogP contribution >= 0.6 is 11.3 Å². The molecule has 168 valence electrons. The predicted molar refractivity (Wildman–Crippen MR) is 127 cm³/mol. The van der Waals surface area contributed by atoms with Crippen molar-refractivity contribution in [3.05, 3.63) is 64.9 Å². The number of piperidine rings is 1. The maximum atomic E-state index is 12.7. The summed E-state index contributed by atoms with van der Waals surface area (Å²) in [6.45, 7) is 3.97. The van der Waals surface area contributed by atoms with Gasteiger partial charge < -0.3 is 14.8 Å². The van der Waals surface area contributed by atoms with E-state index in [1.54, 1.807) is 18.3 Å². The third-order valence-electron chi connectivity index (χ3n) is 5.28. The molecule has 1 aliphatic heterocycles. The number of pyridine rings is 1. The van der Waals surface area contributed by atoms with Crippen molar-refractivity contribution in [2.45, 2.75) is 31.4 Å². The standard InChI is InChI=1S/C22H25N5O3S2/c1-15-7-8-17(18(12-15)27-10-3-2-4-11-27)25-21(28)26-22-24-14-19(31-22)20(32(29)30)16-6-5-9-23-13-16/h5-9,12-14,20H,2-4,10-11H2,1H3,(H,29,30)(H2,24,25,26,28)/p-1.